The van der Waals surface area contributed by atoms with Gasteiger partial charge in [0.2, 0.25) is 0 Å². The number of aryl methyl sites for hydroxylation is 1. The second-order valence-electron chi connectivity index (χ2n) is 5.71. The summed E-state index contributed by atoms with van der Waals surface area (Å²) in [5, 5.41) is 10.3. The van der Waals surface area contributed by atoms with Gasteiger partial charge in [0.1, 0.15) is 17.1 Å². The fraction of sp³-hybridized carbons (Fsp3) is 0.438. The van der Waals surface area contributed by atoms with Crippen LogP contribution in [-0.2, 0) is 5.41 Å². The zero-order valence-corrected chi connectivity index (χ0v) is 12.1. The number of hydrogen-bond acceptors (Lipinski definition) is 3. The lowest BCUT2D eigenvalue weighted by Gasteiger charge is -2.23. The number of phenols is 1. The first-order valence-corrected chi connectivity index (χ1v) is 6.56. The van der Waals surface area contributed by atoms with Gasteiger partial charge in [-0.1, -0.05) is 20.8 Å². The summed E-state index contributed by atoms with van der Waals surface area (Å²) in [7, 11) is 0. The highest BCUT2D eigenvalue weighted by Gasteiger charge is 2.26. The maximum absolute atomic E-state index is 12.4. The molecule has 3 nitrogen and oxygen atoms in total. The largest absolute Gasteiger partial charge is 0.508 e. The van der Waals surface area contributed by atoms with Crippen molar-refractivity contribution >= 4 is 11.0 Å². The zero-order chi connectivity index (χ0) is 14.4. The first-order valence-electron chi connectivity index (χ1n) is 6.56. The van der Waals surface area contributed by atoms with E-state index in [1.807, 2.05) is 0 Å². The molecule has 0 aliphatic heterocycles. The molecule has 0 radical (unpaired) electrons. The van der Waals surface area contributed by atoms with E-state index in [-0.39, 0.29) is 16.6 Å². The third-order valence-electron chi connectivity index (χ3n) is 4.01. The molecule has 3 heteroatoms. The van der Waals surface area contributed by atoms with Crippen LogP contribution in [0.4, 0.5) is 0 Å². The SMILES string of the molecule is CCC(C)(C)c1oc2c(C)c(O)ccc2c(=O)c1C. The highest BCUT2D eigenvalue weighted by Crippen LogP contribution is 2.33. The average Bonchev–Trinajstić information content (AvgIpc) is 2.37. The molecule has 0 amide bonds. The highest BCUT2D eigenvalue weighted by molar-refractivity contribution is 5.82. The molecular formula is C16H20O3. The molecule has 0 atom stereocenters. The van der Waals surface area contributed by atoms with Gasteiger partial charge in [-0.25, -0.2) is 0 Å². The molecular weight excluding hydrogens is 240 g/mol. The molecule has 1 N–H and O–H groups in total. The number of hydrogen-bond donors (Lipinski definition) is 1. The Morgan fingerprint density at radius 3 is 2.42 bits per heavy atom. The van der Waals surface area contributed by atoms with Crippen LogP contribution in [0.3, 0.4) is 0 Å². The summed E-state index contributed by atoms with van der Waals surface area (Å²) in [6.07, 6.45) is 0.875. The number of phenolic OH excluding ortho intramolecular Hbond substituents is 1. The van der Waals surface area contributed by atoms with E-state index in [0.717, 1.165) is 6.42 Å². The first-order chi connectivity index (χ1) is 8.79. The number of benzene rings is 1. The molecule has 19 heavy (non-hydrogen) atoms. The van der Waals surface area contributed by atoms with Crippen LogP contribution in [0.15, 0.2) is 21.3 Å². The summed E-state index contributed by atoms with van der Waals surface area (Å²) in [5.41, 5.74) is 1.55. The normalized spacial score (nSPS) is 12.1. The van der Waals surface area contributed by atoms with Crippen molar-refractivity contribution in [3.8, 4) is 5.75 Å². The molecule has 1 heterocycles. The second kappa shape index (κ2) is 4.41. The number of rotatable bonds is 2. The lowest BCUT2D eigenvalue weighted by Crippen LogP contribution is -2.22. The molecule has 2 aromatic rings. The third-order valence-corrected chi connectivity index (χ3v) is 4.01. The number of aromatic hydroxyl groups is 1. The molecule has 0 bridgehead atoms. The van der Waals surface area contributed by atoms with Crippen molar-refractivity contribution < 1.29 is 9.52 Å². The Kier molecular flexibility index (Phi) is 3.17. The van der Waals surface area contributed by atoms with Crippen molar-refractivity contribution in [1.29, 1.82) is 0 Å². The molecule has 102 valence electrons. The molecule has 0 unspecified atom stereocenters. The van der Waals surface area contributed by atoms with E-state index in [1.54, 1.807) is 26.0 Å². The summed E-state index contributed by atoms with van der Waals surface area (Å²) in [6.45, 7) is 9.75. The fourth-order valence-corrected chi connectivity index (χ4v) is 2.28. The van der Waals surface area contributed by atoms with Crippen LogP contribution in [0.25, 0.3) is 11.0 Å². The van der Waals surface area contributed by atoms with Crippen molar-refractivity contribution in [3.05, 3.63) is 39.2 Å². The van der Waals surface area contributed by atoms with E-state index in [2.05, 4.69) is 20.8 Å². The van der Waals surface area contributed by atoms with Crippen molar-refractivity contribution in [2.45, 2.75) is 46.5 Å². The van der Waals surface area contributed by atoms with Crippen molar-refractivity contribution in [3.63, 3.8) is 0 Å². The molecule has 0 aliphatic rings. The van der Waals surface area contributed by atoms with Gasteiger partial charge in [0.15, 0.2) is 5.43 Å². The minimum Gasteiger partial charge on any atom is -0.508 e. The Labute approximate surface area is 112 Å². The molecule has 0 aliphatic carbocycles. The Morgan fingerprint density at radius 1 is 1.21 bits per heavy atom. The van der Waals surface area contributed by atoms with Crippen LogP contribution >= 0.6 is 0 Å². The van der Waals surface area contributed by atoms with Crippen LogP contribution in [-0.4, -0.2) is 5.11 Å². The fourth-order valence-electron chi connectivity index (χ4n) is 2.28. The summed E-state index contributed by atoms with van der Waals surface area (Å²) in [6, 6.07) is 3.16. The van der Waals surface area contributed by atoms with Crippen LogP contribution in [0.5, 0.6) is 5.75 Å². The summed E-state index contributed by atoms with van der Waals surface area (Å²) < 4.78 is 5.98. The maximum atomic E-state index is 12.4. The maximum Gasteiger partial charge on any atom is 0.195 e. The Balaban J connectivity index is 2.94. The van der Waals surface area contributed by atoms with Crippen LogP contribution in [0, 0.1) is 13.8 Å². The van der Waals surface area contributed by atoms with E-state index in [9.17, 15) is 9.90 Å². The van der Waals surface area contributed by atoms with E-state index >= 15 is 0 Å². The Hall–Kier alpha value is -1.77. The van der Waals surface area contributed by atoms with E-state index < -0.39 is 0 Å². The van der Waals surface area contributed by atoms with E-state index in [0.29, 0.717) is 27.9 Å². The van der Waals surface area contributed by atoms with Gasteiger partial charge in [-0.3, -0.25) is 4.79 Å². The van der Waals surface area contributed by atoms with Crippen molar-refractivity contribution in [2.75, 3.05) is 0 Å². The zero-order valence-electron chi connectivity index (χ0n) is 12.1. The molecule has 1 aromatic carbocycles. The predicted molar refractivity (Wildman–Crippen MR) is 76.9 cm³/mol. The van der Waals surface area contributed by atoms with Crippen LogP contribution in [0.1, 0.15) is 44.1 Å². The lowest BCUT2D eigenvalue weighted by molar-refractivity contribution is 0.377. The standard InChI is InChI=1S/C16H20O3/c1-6-16(4,5)15-10(3)13(18)11-7-8-12(17)9(2)14(11)19-15/h7-8,17H,6H2,1-5H3. The number of fused-ring (bicyclic) bond motifs is 1. The molecule has 1 aromatic heterocycles. The van der Waals surface area contributed by atoms with Crippen molar-refractivity contribution in [1.82, 2.24) is 0 Å². The van der Waals surface area contributed by atoms with E-state index in [1.165, 1.54) is 0 Å². The lowest BCUT2D eigenvalue weighted by atomic mass is 9.84. The molecule has 0 fully saturated rings. The van der Waals surface area contributed by atoms with Gasteiger partial charge in [0, 0.05) is 16.5 Å². The summed E-state index contributed by atoms with van der Waals surface area (Å²) in [4.78, 5) is 12.4. The van der Waals surface area contributed by atoms with Gasteiger partial charge < -0.3 is 9.52 Å². The average molecular weight is 260 g/mol. The monoisotopic (exact) mass is 260 g/mol. The van der Waals surface area contributed by atoms with Gasteiger partial charge >= 0.3 is 0 Å². The topological polar surface area (TPSA) is 50.4 Å². The Bertz CT molecular complexity index is 693. The van der Waals surface area contributed by atoms with Gasteiger partial charge in [-0.2, -0.15) is 0 Å². The van der Waals surface area contributed by atoms with Gasteiger partial charge in [0.05, 0.1) is 5.39 Å². The van der Waals surface area contributed by atoms with Gasteiger partial charge in [-0.05, 0) is 32.4 Å². The quantitative estimate of drug-likeness (QED) is 0.893. The highest BCUT2D eigenvalue weighted by atomic mass is 16.3. The van der Waals surface area contributed by atoms with Gasteiger partial charge in [-0.15, -0.1) is 0 Å². The smallest absolute Gasteiger partial charge is 0.195 e. The van der Waals surface area contributed by atoms with Gasteiger partial charge in [0.25, 0.3) is 0 Å². The van der Waals surface area contributed by atoms with Crippen LogP contribution in [0.2, 0.25) is 0 Å². The Morgan fingerprint density at radius 2 is 1.84 bits per heavy atom. The minimum absolute atomic E-state index is 0.0131. The second-order valence-corrected chi connectivity index (χ2v) is 5.71. The summed E-state index contributed by atoms with van der Waals surface area (Å²) in [5.74, 6) is 0.862. The van der Waals surface area contributed by atoms with Crippen LogP contribution < -0.4 is 5.43 Å². The minimum atomic E-state index is -0.199. The molecule has 0 saturated heterocycles. The molecule has 2 rings (SSSR count). The third kappa shape index (κ3) is 2.03. The first kappa shape index (κ1) is 13.7. The molecule has 0 spiro atoms. The van der Waals surface area contributed by atoms with Crippen molar-refractivity contribution in [2.24, 2.45) is 0 Å². The molecule has 0 saturated carbocycles. The predicted octanol–water partition coefficient (Wildman–Crippen LogP) is 3.80. The van der Waals surface area contributed by atoms with E-state index in [4.69, 9.17) is 4.42 Å². The summed E-state index contributed by atoms with van der Waals surface area (Å²) >= 11 is 0.